The molecule has 2 fully saturated rings. The van der Waals surface area contributed by atoms with E-state index in [2.05, 4.69) is 32.3 Å². The van der Waals surface area contributed by atoms with Gasteiger partial charge in [0.25, 0.3) is 0 Å². The second-order valence-electron chi connectivity index (χ2n) is 6.14. The smallest absolute Gasteiger partial charge is 0.241 e. The van der Waals surface area contributed by atoms with Crippen molar-refractivity contribution in [3.05, 3.63) is 0 Å². The molecule has 0 spiro atoms. The van der Waals surface area contributed by atoms with E-state index < -0.39 is 0 Å². The highest BCUT2D eigenvalue weighted by Gasteiger charge is 2.30. The summed E-state index contributed by atoms with van der Waals surface area (Å²) in [6.07, 6.45) is 3.84. The Bertz CT molecular complexity index is 396. The summed E-state index contributed by atoms with van der Waals surface area (Å²) in [5.41, 5.74) is 0. The number of hydrogen-bond acceptors (Lipinski definition) is 4. The van der Waals surface area contributed by atoms with Crippen molar-refractivity contribution in [2.24, 2.45) is 4.99 Å². The van der Waals surface area contributed by atoms with Crippen LogP contribution in [0.5, 0.6) is 0 Å². The lowest BCUT2D eigenvalue weighted by molar-refractivity contribution is -0.119. The van der Waals surface area contributed by atoms with Gasteiger partial charge in [0.15, 0.2) is 5.96 Å². The molecule has 2 rings (SSSR count). The Kier molecular flexibility index (Phi) is 7.61. The number of carbonyl (C=O) groups excluding carboxylic acids is 1. The van der Waals surface area contributed by atoms with E-state index in [9.17, 15) is 4.79 Å². The number of nitrogens with one attached hydrogen (secondary N) is 2. The van der Waals surface area contributed by atoms with Gasteiger partial charge in [0.1, 0.15) is 6.54 Å². The number of likely N-dealkylation sites (tertiary alicyclic amines) is 2. The standard InChI is InChI=1S/C16H31N5O2/c1-3-17-16(19-12-15(22)18-7-11-23-2)21-10-6-14(13-21)20-8-4-5-9-20/h14H,3-13H2,1-2H3,(H,17,19)(H,18,22). The fraction of sp³-hybridized carbons (Fsp3) is 0.875. The maximum Gasteiger partial charge on any atom is 0.241 e. The first-order valence-electron chi connectivity index (χ1n) is 8.77. The van der Waals surface area contributed by atoms with Crippen LogP contribution in [-0.2, 0) is 9.53 Å². The Hall–Kier alpha value is -1.34. The minimum Gasteiger partial charge on any atom is -0.383 e. The molecular weight excluding hydrogens is 294 g/mol. The molecule has 0 radical (unpaired) electrons. The number of amides is 1. The molecule has 0 aromatic rings. The Morgan fingerprint density at radius 2 is 2.04 bits per heavy atom. The number of nitrogens with zero attached hydrogens (tertiary/aromatic N) is 3. The van der Waals surface area contributed by atoms with Gasteiger partial charge in [0, 0.05) is 39.3 Å². The van der Waals surface area contributed by atoms with Gasteiger partial charge in [0.2, 0.25) is 5.91 Å². The van der Waals surface area contributed by atoms with Crippen molar-refractivity contribution >= 4 is 11.9 Å². The van der Waals surface area contributed by atoms with Crippen LogP contribution in [0.3, 0.4) is 0 Å². The molecule has 1 amide bonds. The van der Waals surface area contributed by atoms with Crippen LogP contribution in [-0.4, -0.2) is 87.2 Å². The first-order valence-corrected chi connectivity index (χ1v) is 8.77. The topological polar surface area (TPSA) is 69.2 Å². The van der Waals surface area contributed by atoms with Crippen molar-refractivity contribution in [1.29, 1.82) is 0 Å². The van der Waals surface area contributed by atoms with Gasteiger partial charge in [-0.25, -0.2) is 4.99 Å². The number of methoxy groups -OCH3 is 1. The van der Waals surface area contributed by atoms with Crippen LogP contribution in [0.15, 0.2) is 4.99 Å². The molecule has 7 nitrogen and oxygen atoms in total. The molecule has 7 heteroatoms. The fourth-order valence-corrected chi connectivity index (χ4v) is 3.26. The second kappa shape index (κ2) is 9.72. The number of hydrogen-bond donors (Lipinski definition) is 2. The number of carbonyl (C=O) groups is 1. The predicted octanol–water partition coefficient (Wildman–Crippen LogP) is -0.115. The summed E-state index contributed by atoms with van der Waals surface area (Å²) in [5, 5.41) is 6.11. The monoisotopic (exact) mass is 325 g/mol. The predicted molar refractivity (Wildman–Crippen MR) is 91.6 cm³/mol. The van der Waals surface area contributed by atoms with Gasteiger partial charge in [-0.3, -0.25) is 9.69 Å². The summed E-state index contributed by atoms with van der Waals surface area (Å²) < 4.78 is 4.92. The lowest BCUT2D eigenvalue weighted by Crippen LogP contribution is -2.43. The Morgan fingerprint density at radius 3 is 2.74 bits per heavy atom. The number of aliphatic imine (C=N–C) groups is 1. The van der Waals surface area contributed by atoms with Crippen molar-refractivity contribution in [3.8, 4) is 0 Å². The van der Waals surface area contributed by atoms with E-state index in [1.54, 1.807) is 7.11 Å². The molecule has 2 heterocycles. The van der Waals surface area contributed by atoms with Crippen molar-refractivity contribution in [2.75, 3.05) is 59.5 Å². The van der Waals surface area contributed by atoms with Gasteiger partial charge in [-0.05, 0) is 39.3 Å². The first kappa shape index (κ1) is 18.0. The normalized spacial score (nSPS) is 22.6. The van der Waals surface area contributed by atoms with Crippen molar-refractivity contribution < 1.29 is 9.53 Å². The summed E-state index contributed by atoms with van der Waals surface area (Å²) in [6, 6.07) is 0.636. The van der Waals surface area contributed by atoms with Gasteiger partial charge in [-0.2, -0.15) is 0 Å². The molecule has 0 bridgehead atoms. The Labute approximate surface area is 139 Å². The van der Waals surface area contributed by atoms with Crippen LogP contribution in [0, 0.1) is 0 Å². The first-order chi connectivity index (χ1) is 11.2. The highest BCUT2D eigenvalue weighted by Crippen LogP contribution is 2.20. The van der Waals surface area contributed by atoms with E-state index in [4.69, 9.17) is 4.74 Å². The van der Waals surface area contributed by atoms with Gasteiger partial charge in [-0.1, -0.05) is 0 Å². The molecule has 2 aliphatic heterocycles. The van der Waals surface area contributed by atoms with Crippen molar-refractivity contribution in [2.45, 2.75) is 32.2 Å². The van der Waals surface area contributed by atoms with Crippen LogP contribution >= 0.6 is 0 Å². The molecule has 1 unspecified atom stereocenters. The van der Waals surface area contributed by atoms with Crippen LogP contribution in [0.1, 0.15) is 26.2 Å². The Morgan fingerprint density at radius 1 is 1.26 bits per heavy atom. The molecule has 2 N–H and O–H groups in total. The maximum atomic E-state index is 11.8. The summed E-state index contributed by atoms with van der Waals surface area (Å²) in [4.78, 5) is 21.2. The molecule has 0 aromatic carbocycles. The summed E-state index contributed by atoms with van der Waals surface area (Å²) in [5.74, 6) is 0.795. The van der Waals surface area contributed by atoms with E-state index in [1.165, 1.54) is 32.4 Å². The Balaban J connectivity index is 1.82. The molecule has 0 aromatic heterocycles. The van der Waals surface area contributed by atoms with E-state index in [0.29, 0.717) is 19.2 Å². The van der Waals surface area contributed by atoms with E-state index in [0.717, 1.165) is 25.6 Å². The summed E-state index contributed by atoms with van der Waals surface area (Å²) >= 11 is 0. The molecular formula is C16H31N5O2. The van der Waals surface area contributed by atoms with Crippen LogP contribution in [0.2, 0.25) is 0 Å². The maximum absolute atomic E-state index is 11.8. The van der Waals surface area contributed by atoms with Crippen LogP contribution < -0.4 is 10.6 Å². The van der Waals surface area contributed by atoms with Gasteiger partial charge < -0.3 is 20.3 Å². The van der Waals surface area contributed by atoms with Crippen molar-refractivity contribution in [1.82, 2.24) is 20.4 Å². The zero-order chi connectivity index (χ0) is 16.5. The van der Waals surface area contributed by atoms with E-state index in [-0.39, 0.29) is 12.5 Å². The second-order valence-corrected chi connectivity index (χ2v) is 6.14. The minimum absolute atomic E-state index is 0.0623. The molecule has 23 heavy (non-hydrogen) atoms. The van der Waals surface area contributed by atoms with Crippen molar-refractivity contribution in [3.63, 3.8) is 0 Å². The quantitative estimate of drug-likeness (QED) is 0.388. The number of ether oxygens (including phenoxy) is 1. The zero-order valence-electron chi connectivity index (χ0n) is 14.5. The molecule has 0 aliphatic carbocycles. The van der Waals surface area contributed by atoms with Gasteiger partial charge >= 0.3 is 0 Å². The fourth-order valence-electron chi connectivity index (χ4n) is 3.26. The minimum atomic E-state index is -0.0623. The average Bonchev–Trinajstić information content (AvgIpc) is 3.22. The molecule has 0 saturated carbocycles. The number of rotatable bonds is 7. The lowest BCUT2D eigenvalue weighted by Gasteiger charge is -2.25. The molecule has 2 saturated heterocycles. The van der Waals surface area contributed by atoms with Gasteiger partial charge in [-0.15, -0.1) is 0 Å². The highest BCUT2D eigenvalue weighted by molar-refractivity contribution is 5.85. The third-order valence-electron chi connectivity index (χ3n) is 4.46. The summed E-state index contributed by atoms with van der Waals surface area (Å²) in [6.45, 7) is 8.58. The molecule has 1 atom stereocenters. The average molecular weight is 325 g/mol. The van der Waals surface area contributed by atoms with Crippen LogP contribution in [0.25, 0.3) is 0 Å². The zero-order valence-corrected chi connectivity index (χ0v) is 14.5. The van der Waals surface area contributed by atoms with Crippen LogP contribution in [0.4, 0.5) is 0 Å². The SMILES string of the molecule is CCNC(=NCC(=O)NCCOC)N1CCC(N2CCCC2)C1. The molecule has 2 aliphatic rings. The number of guanidine groups is 1. The van der Waals surface area contributed by atoms with Gasteiger partial charge in [0.05, 0.1) is 6.61 Å². The lowest BCUT2D eigenvalue weighted by atomic mass is 10.2. The third kappa shape index (κ3) is 5.66. The third-order valence-corrected chi connectivity index (χ3v) is 4.46. The largest absolute Gasteiger partial charge is 0.383 e. The van der Waals surface area contributed by atoms with E-state index >= 15 is 0 Å². The van der Waals surface area contributed by atoms with E-state index in [1.807, 2.05) is 0 Å². The highest BCUT2D eigenvalue weighted by atomic mass is 16.5. The molecule has 132 valence electrons. The summed E-state index contributed by atoms with van der Waals surface area (Å²) in [7, 11) is 1.62.